The average molecular weight is 211 g/mol. The van der Waals surface area contributed by atoms with Crippen molar-refractivity contribution in [2.45, 2.75) is 32.2 Å². The van der Waals surface area contributed by atoms with Crippen molar-refractivity contribution in [1.29, 1.82) is 0 Å². The molecule has 1 fully saturated rings. The van der Waals surface area contributed by atoms with Gasteiger partial charge in [0.25, 0.3) is 0 Å². The van der Waals surface area contributed by atoms with E-state index in [1.54, 1.807) is 6.20 Å². The van der Waals surface area contributed by atoms with Crippen molar-refractivity contribution >= 4 is 17.3 Å². The van der Waals surface area contributed by atoms with Crippen LogP contribution in [0.15, 0.2) is 18.3 Å². The number of hydrogen-bond acceptors (Lipinski definition) is 2. The fourth-order valence-corrected chi connectivity index (χ4v) is 2.15. The molecule has 0 unspecified atom stereocenters. The largest absolute Gasteiger partial charge is 0.381 e. The minimum absolute atomic E-state index is 0.551. The van der Waals surface area contributed by atoms with E-state index >= 15 is 0 Å². The fourth-order valence-electron chi connectivity index (χ4n) is 2.04. The molecular weight excluding hydrogens is 196 g/mol. The van der Waals surface area contributed by atoms with Gasteiger partial charge in [-0.1, -0.05) is 24.9 Å². The molecule has 1 saturated carbocycles. The molecular formula is C11H15ClN2. The van der Waals surface area contributed by atoms with Crippen LogP contribution in [0.25, 0.3) is 0 Å². The predicted octanol–water partition coefficient (Wildman–Crippen LogP) is 3.34. The molecule has 0 bridgehead atoms. The smallest absolute Gasteiger partial charge is 0.129 e. The Morgan fingerprint density at radius 1 is 1.43 bits per heavy atom. The second-order valence-electron chi connectivity index (χ2n) is 4.03. The lowest BCUT2D eigenvalue weighted by Crippen LogP contribution is -2.21. The minimum Gasteiger partial charge on any atom is -0.381 e. The molecule has 0 radical (unpaired) electrons. The highest BCUT2D eigenvalue weighted by atomic mass is 35.5. The molecule has 76 valence electrons. The van der Waals surface area contributed by atoms with Gasteiger partial charge in [-0.2, -0.15) is 0 Å². The van der Waals surface area contributed by atoms with Crippen LogP contribution in [0.1, 0.15) is 26.2 Å². The van der Waals surface area contributed by atoms with Gasteiger partial charge in [-0.05, 0) is 30.9 Å². The number of anilines is 1. The molecule has 0 aliphatic heterocycles. The molecule has 1 heterocycles. The van der Waals surface area contributed by atoms with E-state index in [2.05, 4.69) is 17.2 Å². The summed E-state index contributed by atoms with van der Waals surface area (Å²) in [6.07, 6.45) is 5.73. The molecule has 1 N–H and O–H groups in total. The molecule has 1 aliphatic carbocycles. The summed E-state index contributed by atoms with van der Waals surface area (Å²) in [6, 6.07) is 4.42. The summed E-state index contributed by atoms with van der Waals surface area (Å²) in [5.41, 5.74) is 1.08. The summed E-state index contributed by atoms with van der Waals surface area (Å²) in [5, 5.41) is 4.05. The first-order chi connectivity index (χ1) is 6.75. The Balaban J connectivity index is 2.00. The van der Waals surface area contributed by atoms with E-state index in [1.165, 1.54) is 19.3 Å². The minimum atomic E-state index is 0.551. The van der Waals surface area contributed by atoms with Gasteiger partial charge in [0.15, 0.2) is 0 Å². The first-order valence-electron chi connectivity index (χ1n) is 5.14. The van der Waals surface area contributed by atoms with E-state index in [9.17, 15) is 0 Å². The zero-order valence-electron chi connectivity index (χ0n) is 8.33. The van der Waals surface area contributed by atoms with Crippen molar-refractivity contribution in [2.75, 3.05) is 5.32 Å². The van der Waals surface area contributed by atoms with E-state index in [-0.39, 0.29) is 0 Å². The van der Waals surface area contributed by atoms with Crippen LogP contribution in [0.2, 0.25) is 5.15 Å². The Morgan fingerprint density at radius 3 is 2.86 bits per heavy atom. The first-order valence-corrected chi connectivity index (χ1v) is 5.51. The van der Waals surface area contributed by atoms with Crippen LogP contribution in [-0.2, 0) is 0 Å². The molecule has 1 aromatic rings. The highest BCUT2D eigenvalue weighted by Crippen LogP contribution is 2.27. The van der Waals surface area contributed by atoms with Gasteiger partial charge in [-0.3, -0.25) is 0 Å². The average Bonchev–Trinajstić information content (AvgIpc) is 2.56. The third kappa shape index (κ3) is 2.18. The topological polar surface area (TPSA) is 24.9 Å². The van der Waals surface area contributed by atoms with Crippen LogP contribution < -0.4 is 5.32 Å². The molecule has 2 nitrogen and oxygen atoms in total. The Labute approximate surface area is 89.7 Å². The second kappa shape index (κ2) is 4.18. The van der Waals surface area contributed by atoms with E-state index in [0.717, 1.165) is 11.6 Å². The number of pyridine rings is 1. The monoisotopic (exact) mass is 210 g/mol. The van der Waals surface area contributed by atoms with E-state index < -0.39 is 0 Å². The lowest BCUT2D eigenvalue weighted by molar-refractivity contribution is 0.556. The highest BCUT2D eigenvalue weighted by Gasteiger charge is 2.22. The maximum atomic E-state index is 5.72. The van der Waals surface area contributed by atoms with Crippen LogP contribution in [0.3, 0.4) is 0 Å². The van der Waals surface area contributed by atoms with Crippen molar-refractivity contribution in [3.05, 3.63) is 23.5 Å². The zero-order chi connectivity index (χ0) is 9.97. The van der Waals surface area contributed by atoms with Gasteiger partial charge in [0.1, 0.15) is 5.15 Å². The van der Waals surface area contributed by atoms with Gasteiger partial charge in [-0.25, -0.2) is 4.98 Å². The number of nitrogens with one attached hydrogen (secondary N) is 1. The van der Waals surface area contributed by atoms with Crippen LogP contribution in [-0.4, -0.2) is 11.0 Å². The molecule has 14 heavy (non-hydrogen) atoms. The van der Waals surface area contributed by atoms with Crippen LogP contribution in [0.5, 0.6) is 0 Å². The number of rotatable bonds is 2. The normalized spacial score (nSPS) is 26.4. The highest BCUT2D eigenvalue weighted by molar-refractivity contribution is 6.29. The predicted molar refractivity (Wildman–Crippen MR) is 59.7 cm³/mol. The van der Waals surface area contributed by atoms with Gasteiger partial charge in [-0.15, -0.1) is 0 Å². The van der Waals surface area contributed by atoms with Crippen molar-refractivity contribution in [2.24, 2.45) is 5.92 Å². The molecule has 3 heteroatoms. The molecule has 2 atom stereocenters. The van der Waals surface area contributed by atoms with Gasteiger partial charge in [0.2, 0.25) is 0 Å². The Bertz CT molecular complexity index is 297. The molecule has 0 aromatic carbocycles. The first kappa shape index (κ1) is 9.78. The third-order valence-electron chi connectivity index (χ3n) is 2.94. The van der Waals surface area contributed by atoms with E-state index in [1.807, 2.05) is 12.1 Å². The van der Waals surface area contributed by atoms with Crippen molar-refractivity contribution < 1.29 is 0 Å². The number of aromatic nitrogens is 1. The summed E-state index contributed by atoms with van der Waals surface area (Å²) in [4.78, 5) is 4.05. The maximum absolute atomic E-state index is 5.72. The number of nitrogens with zero attached hydrogens (tertiary/aromatic N) is 1. The Kier molecular flexibility index (Phi) is 2.92. The summed E-state index contributed by atoms with van der Waals surface area (Å²) in [5.74, 6) is 0.769. The summed E-state index contributed by atoms with van der Waals surface area (Å²) in [7, 11) is 0. The Morgan fingerprint density at radius 2 is 2.29 bits per heavy atom. The second-order valence-corrected chi connectivity index (χ2v) is 4.42. The summed E-state index contributed by atoms with van der Waals surface area (Å²) < 4.78 is 0. The van der Waals surface area contributed by atoms with Crippen LogP contribution in [0.4, 0.5) is 5.69 Å². The van der Waals surface area contributed by atoms with Gasteiger partial charge < -0.3 is 5.32 Å². The summed E-state index contributed by atoms with van der Waals surface area (Å²) >= 11 is 5.72. The maximum Gasteiger partial charge on any atom is 0.129 e. The number of halogens is 1. The molecule has 0 spiro atoms. The van der Waals surface area contributed by atoms with Crippen molar-refractivity contribution in [3.8, 4) is 0 Å². The quantitative estimate of drug-likeness (QED) is 0.758. The van der Waals surface area contributed by atoms with Crippen LogP contribution in [0, 0.1) is 5.92 Å². The molecule has 0 amide bonds. The standard InChI is InChI=1S/C11H15ClN2/c1-8-3-2-4-10(8)14-9-5-6-11(12)13-7-9/h5-8,10,14H,2-4H2,1H3/t8-,10+/m1/s1. The summed E-state index contributed by atoms with van der Waals surface area (Å²) in [6.45, 7) is 2.30. The Hall–Kier alpha value is -0.760. The zero-order valence-corrected chi connectivity index (χ0v) is 9.09. The van der Waals surface area contributed by atoms with Crippen molar-refractivity contribution in [3.63, 3.8) is 0 Å². The molecule has 0 saturated heterocycles. The number of hydrogen-bond donors (Lipinski definition) is 1. The molecule has 2 rings (SSSR count). The van der Waals surface area contributed by atoms with Crippen LogP contribution >= 0.6 is 11.6 Å². The fraction of sp³-hybridized carbons (Fsp3) is 0.545. The molecule has 1 aromatic heterocycles. The lowest BCUT2D eigenvalue weighted by atomic mass is 10.1. The SMILES string of the molecule is C[C@@H]1CCC[C@@H]1Nc1ccc(Cl)nc1. The van der Waals surface area contributed by atoms with Crippen molar-refractivity contribution in [1.82, 2.24) is 4.98 Å². The van der Waals surface area contributed by atoms with E-state index in [0.29, 0.717) is 11.2 Å². The third-order valence-corrected chi connectivity index (χ3v) is 3.16. The molecule has 1 aliphatic rings. The van der Waals surface area contributed by atoms with Gasteiger partial charge in [0.05, 0.1) is 11.9 Å². The van der Waals surface area contributed by atoms with Gasteiger partial charge >= 0.3 is 0 Å². The van der Waals surface area contributed by atoms with Gasteiger partial charge in [0, 0.05) is 6.04 Å². The lowest BCUT2D eigenvalue weighted by Gasteiger charge is -2.18. The van der Waals surface area contributed by atoms with E-state index in [4.69, 9.17) is 11.6 Å².